The average molecular weight is 1280 g/mol. The van der Waals surface area contributed by atoms with Crippen LogP contribution in [-0.2, 0) is 75.8 Å². The van der Waals surface area contributed by atoms with E-state index in [0.29, 0.717) is 0 Å². The van der Waals surface area contributed by atoms with Gasteiger partial charge in [0.25, 0.3) is 0 Å². The third-order valence-electron chi connectivity index (χ3n) is 18.7. The fourth-order valence-corrected chi connectivity index (χ4v) is 13.4. The normalized spacial score (nSPS) is 55.4. The highest BCUT2D eigenvalue weighted by Crippen LogP contribution is 2.41. The molecule has 16 unspecified atom stereocenters. The Morgan fingerprint density at radius 2 is 0.239 bits per heavy atom. The van der Waals surface area contributed by atoms with E-state index >= 15 is 0 Å². The summed E-state index contributed by atoms with van der Waals surface area (Å²) in [5.41, 5.74) is 0. The Bertz CT molecular complexity index is 1700. The molecule has 30 heterocycles. The van der Waals surface area contributed by atoms with Crippen LogP contribution >= 0.6 is 0 Å². The molecule has 32 nitrogen and oxygen atoms in total. The Balaban J connectivity index is 0.975. The van der Waals surface area contributed by atoms with Crippen LogP contribution in [-0.4, -0.2) is 327 Å². The van der Waals surface area contributed by atoms with Crippen LogP contribution < -0.4 is 0 Å². The lowest BCUT2D eigenvalue weighted by Crippen LogP contribution is -2.68. The Kier molecular flexibility index (Phi) is 24.4. The van der Waals surface area contributed by atoms with Crippen molar-refractivity contribution in [1.82, 2.24) is 0 Å². The first-order chi connectivity index (χ1) is 41.9. The second-order valence-corrected chi connectivity index (χ2v) is 24.3. The standard InChI is InChI=1S/C56H96O32/c1-9-17-41-25(57)33(65)49(73-17)82-42-18(10-2)75-51(35(67)27(42)59)84-44-20(12-4)77-53(37(69)29(44)61)86-46-22(14-6)79-55(39(71)31(46)63)88-48-24(16-8)80-56(40(72)32(48)64)87-47-23(15-7)78-54(38(70)30(47)62)85-45-21(13-5)76-52(36(68)28(45)60)83-43-19(11-3)74-50(81-41)34(66)26(43)58/h17-72H,9-16H2,1-8H3/t17?,18?,19?,20?,21?,22?,23?,24?,25-,26-,27-,28-,29-,30-,31-,32-,33?,34?,35?,36?,37?,38?,39?,40?,41-,42-,43-,44-,45-,46-,47-,48-,49-,50-,51-,52-,53-,54-,55-,56+/m1/s1. The Hall–Kier alpha value is -1.28. The van der Waals surface area contributed by atoms with E-state index < -0.39 is 246 Å². The van der Waals surface area contributed by atoms with Gasteiger partial charge in [-0.05, 0) is 51.4 Å². The van der Waals surface area contributed by atoms with Crippen molar-refractivity contribution in [3.8, 4) is 0 Å². The third-order valence-corrected chi connectivity index (χ3v) is 18.7. The molecule has 30 saturated heterocycles. The Morgan fingerprint density at radius 3 is 0.318 bits per heavy atom. The summed E-state index contributed by atoms with van der Waals surface area (Å²) in [5.74, 6) is 0. The molecular weight excluding hydrogens is 1180 g/mol. The van der Waals surface area contributed by atoms with Gasteiger partial charge >= 0.3 is 0 Å². The minimum atomic E-state index is -1.92. The molecule has 32 heteroatoms. The van der Waals surface area contributed by atoms with Crippen LogP contribution in [0.25, 0.3) is 0 Å². The zero-order chi connectivity index (χ0) is 64.1. The first-order valence-electron chi connectivity index (χ1n) is 31.3. The summed E-state index contributed by atoms with van der Waals surface area (Å²) in [7, 11) is 0. The van der Waals surface area contributed by atoms with Crippen molar-refractivity contribution in [2.24, 2.45) is 0 Å². The van der Waals surface area contributed by atoms with Gasteiger partial charge in [0.15, 0.2) is 50.3 Å². The summed E-state index contributed by atoms with van der Waals surface area (Å²) in [6.07, 6.45) is -63.7. The highest BCUT2D eigenvalue weighted by Gasteiger charge is 2.60. The van der Waals surface area contributed by atoms with Crippen molar-refractivity contribution in [3.63, 3.8) is 0 Å². The molecule has 30 aliphatic rings. The zero-order valence-corrected chi connectivity index (χ0v) is 50.4. The number of ether oxygens (including phenoxy) is 16. The SMILES string of the molecule is CCC1O[C@@H]2O[C@@H]3C(CC)O[C@H](O[C@@H]4C(CC)O[C@H](O[C@@H]5C(CC)O[C@H](O[C@@H]6C(CC)O[C@@H](O[C@@H]7C(CC)O[C@H](O[C@@H]8C(CC)O[C@H](O[C@@H]9C(CC)O[C@H](O[C@H]1[C@H](O)C2O)C(O)[C@H]9O)C(O)[C@H]8O)C(O)[C@H]7O)C(O)[C@H]6O)C(O)[C@H]5O)C(O)[C@H]4O)C(O)[C@H]3O. The van der Waals surface area contributed by atoms with Crippen molar-refractivity contribution in [2.75, 3.05) is 0 Å². The lowest BCUT2D eigenvalue weighted by atomic mass is 9.93. The molecule has 16 bridgehead atoms. The molecule has 40 atom stereocenters. The van der Waals surface area contributed by atoms with E-state index in [1.165, 1.54) is 0 Å². The first-order valence-corrected chi connectivity index (χ1v) is 31.3. The van der Waals surface area contributed by atoms with Gasteiger partial charge in [0.1, 0.15) is 146 Å². The van der Waals surface area contributed by atoms with Gasteiger partial charge in [0, 0.05) is 0 Å². The number of rotatable bonds is 8. The summed E-state index contributed by atoms with van der Waals surface area (Å²) >= 11 is 0. The lowest BCUT2D eigenvalue weighted by molar-refractivity contribution is -0.401. The smallest absolute Gasteiger partial charge is 0.187 e. The monoisotopic (exact) mass is 1280 g/mol. The maximum Gasteiger partial charge on any atom is 0.187 e. The highest BCUT2D eigenvalue weighted by atomic mass is 16.8. The maximum absolute atomic E-state index is 11.7. The van der Waals surface area contributed by atoms with Crippen molar-refractivity contribution in [1.29, 1.82) is 0 Å². The molecule has 0 aromatic rings. The van der Waals surface area contributed by atoms with E-state index in [1.54, 1.807) is 55.4 Å². The van der Waals surface area contributed by atoms with Crippen molar-refractivity contribution < 1.29 is 157 Å². The number of aliphatic hydroxyl groups excluding tert-OH is 16. The zero-order valence-electron chi connectivity index (χ0n) is 50.4. The lowest BCUT2D eigenvalue weighted by Gasteiger charge is -2.51. The summed E-state index contributed by atoms with van der Waals surface area (Å²) < 4.78 is 97.9. The minimum Gasteiger partial charge on any atom is -0.387 e. The van der Waals surface area contributed by atoms with Gasteiger partial charge in [-0.1, -0.05) is 55.4 Å². The molecule has 0 spiro atoms. The van der Waals surface area contributed by atoms with Gasteiger partial charge in [-0.15, -0.1) is 0 Å². The Labute approximate surface area is 508 Å². The van der Waals surface area contributed by atoms with E-state index in [9.17, 15) is 81.7 Å². The number of aliphatic hydroxyl groups is 16. The average Bonchev–Trinajstić information content (AvgIpc) is 0.985. The molecule has 0 aliphatic carbocycles. The van der Waals surface area contributed by atoms with Crippen molar-refractivity contribution in [3.05, 3.63) is 0 Å². The van der Waals surface area contributed by atoms with E-state index in [1.807, 2.05) is 0 Å². The predicted molar refractivity (Wildman–Crippen MR) is 287 cm³/mol. The molecule has 30 aliphatic heterocycles. The molecular formula is C56H96O32. The molecule has 0 saturated carbocycles. The quantitative estimate of drug-likeness (QED) is 0.108. The van der Waals surface area contributed by atoms with E-state index in [4.69, 9.17) is 75.8 Å². The van der Waals surface area contributed by atoms with Crippen molar-refractivity contribution in [2.45, 2.75) is 352 Å². The van der Waals surface area contributed by atoms with Crippen LogP contribution in [0.1, 0.15) is 107 Å². The van der Waals surface area contributed by atoms with Gasteiger partial charge in [-0.2, -0.15) is 0 Å². The van der Waals surface area contributed by atoms with E-state index in [-0.39, 0.29) is 51.4 Å². The predicted octanol–water partition coefficient (Wildman–Crippen LogP) is -6.06. The molecule has 512 valence electrons. The molecule has 0 amide bonds. The van der Waals surface area contributed by atoms with Crippen LogP contribution in [0.2, 0.25) is 0 Å². The van der Waals surface area contributed by atoms with Gasteiger partial charge < -0.3 is 157 Å². The van der Waals surface area contributed by atoms with Crippen molar-refractivity contribution >= 4 is 0 Å². The number of hydrogen-bond donors (Lipinski definition) is 16. The maximum atomic E-state index is 11.7. The molecule has 30 fully saturated rings. The van der Waals surface area contributed by atoms with Crippen LogP contribution in [0.3, 0.4) is 0 Å². The van der Waals surface area contributed by atoms with Gasteiger partial charge in [-0.25, -0.2) is 0 Å². The summed E-state index contributed by atoms with van der Waals surface area (Å²) in [5, 5.41) is 186. The fourth-order valence-electron chi connectivity index (χ4n) is 13.4. The largest absolute Gasteiger partial charge is 0.387 e. The molecule has 30 rings (SSSR count). The van der Waals surface area contributed by atoms with E-state index in [0.717, 1.165) is 0 Å². The topological polar surface area (TPSA) is 471 Å². The molecule has 0 aromatic carbocycles. The highest BCUT2D eigenvalue weighted by molar-refractivity contribution is 5.02. The van der Waals surface area contributed by atoms with Crippen LogP contribution in [0, 0.1) is 0 Å². The first kappa shape index (κ1) is 71.0. The van der Waals surface area contributed by atoms with Gasteiger partial charge in [0.05, 0.1) is 48.8 Å². The Morgan fingerprint density at radius 1 is 0.148 bits per heavy atom. The summed E-state index contributed by atoms with van der Waals surface area (Å²) in [6.45, 7) is 13.2. The van der Waals surface area contributed by atoms with Crippen LogP contribution in [0.15, 0.2) is 0 Å². The molecule has 88 heavy (non-hydrogen) atoms. The fraction of sp³-hybridized carbons (Fsp3) is 1.00. The van der Waals surface area contributed by atoms with Crippen LogP contribution in [0.4, 0.5) is 0 Å². The van der Waals surface area contributed by atoms with Crippen LogP contribution in [0.5, 0.6) is 0 Å². The summed E-state index contributed by atoms with van der Waals surface area (Å²) in [4.78, 5) is 0. The van der Waals surface area contributed by atoms with E-state index in [2.05, 4.69) is 0 Å². The third kappa shape index (κ3) is 13.9. The second kappa shape index (κ2) is 30.2. The molecule has 0 aromatic heterocycles. The van der Waals surface area contributed by atoms with Gasteiger partial charge in [0.2, 0.25) is 0 Å². The molecule has 0 radical (unpaired) electrons. The van der Waals surface area contributed by atoms with Gasteiger partial charge in [-0.3, -0.25) is 0 Å². The summed E-state index contributed by atoms with van der Waals surface area (Å²) in [6, 6.07) is 0. The molecule has 16 N–H and O–H groups in total. The minimum absolute atomic E-state index is 0.0886. The number of hydrogen-bond acceptors (Lipinski definition) is 32. The second-order valence-electron chi connectivity index (χ2n) is 24.3.